The second kappa shape index (κ2) is 7.61. The average Bonchev–Trinajstić information content (AvgIpc) is 2.97. The van der Waals surface area contributed by atoms with E-state index in [0.717, 1.165) is 5.69 Å². The first-order valence-electron chi connectivity index (χ1n) is 8.08. The Hall–Kier alpha value is -2.47. The van der Waals surface area contributed by atoms with Crippen LogP contribution in [0.25, 0.3) is 0 Å². The van der Waals surface area contributed by atoms with E-state index in [1.54, 1.807) is 24.0 Å². The van der Waals surface area contributed by atoms with Gasteiger partial charge in [0.1, 0.15) is 11.5 Å². The summed E-state index contributed by atoms with van der Waals surface area (Å²) in [6, 6.07) is 14.6. The Morgan fingerprint density at radius 3 is 2.36 bits per heavy atom. The van der Waals surface area contributed by atoms with Crippen molar-refractivity contribution in [3.63, 3.8) is 0 Å². The number of hydrogen-bond donors (Lipinski definition) is 1. The lowest BCUT2D eigenvalue weighted by molar-refractivity contribution is -0.117. The van der Waals surface area contributed by atoms with E-state index in [2.05, 4.69) is 0 Å². The summed E-state index contributed by atoms with van der Waals surface area (Å²) in [4.78, 5) is 25.1. The summed E-state index contributed by atoms with van der Waals surface area (Å²) in [5, 5.41) is 0.0927. The number of amides is 1. The molecule has 6 heteroatoms. The van der Waals surface area contributed by atoms with Gasteiger partial charge in [-0.1, -0.05) is 11.8 Å². The Kier molecular flexibility index (Phi) is 5.28. The topological polar surface area (TPSA) is 72.6 Å². The van der Waals surface area contributed by atoms with Crippen LogP contribution in [0.4, 0.5) is 11.4 Å². The van der Waals surface area contributed by atoms with Gasteiger partial charge in [-0.2, -0.15) is 0 Å². The number of rotatable bonds is 5. The Morgan fingerprint density at radius 1 is 1.16 bits per heavy atom. The van der Waals surface area contributed by atoms with Crippen LogP contribution in [0.15, 0.2) is 48.5 Å². The Bertz CT molecular complexity index is 759. The highest BCUT2D eigenvalue weighted by atomic mass is 32.2. The molecular weight excluding hydrogens is 336 g/mol. The number of hydrogen-bond acceptors (Lipinski definition) is 5. The highest BCUT2D eigenvalue weighted by molar-refractivity contribution is 8.13. The van der Waals surface area contributed by atoms with Gasteiger partial charge in [-0.3, -0.25) is 9.59 Å². The number of carbonyl (C=O) groups excluding carboxylic acids is 2. The van der Waals surface area contributed by atoms with Crippen molar-refractivity contribution in [2.45, 2.75) is 13.3 Å². The van der Waals surface area contributed by atoms with Crippen LogP contribution < -0.4 is 15.4 Å². The Labute approximate surface area is 151 Å². The smallest absolute Gasteiger partial charge is 0.227 e. The van der Waals surface area contributed by atoms with E-state index >= 15 is 0 Å². The molecule has 0 aromatic heterocycles. The van der Waals surface area contributed by atoms with E-state index in [9.17, 15) is 9.59 Å². The summed E-state index contributed by atoms with van der Waals surface area (Å²) in [6.07, 6.45) is 0.490. The number of ether oxygens (including phenoxy) is 1. The minimum atomic E-state index is 0.0927. The maximum atomic E-state index is 12.2. The summed E-state index contributed by atoms with van der Waals surface area (Å²) in [5.74, 6) is 2.41. The molecule has 1 fully saturated rings. The fraction of sp³-hybridized carbons (Fsp3) is 0.263. The third-order valence-corrected chi connectivity index (χ3v) is 5.04. The van der Waals surface area contributed by atoms with Crippen molar-refractivity contribution in [2.75, 3.05) is 22.9 Å². The number of nitrogens with zero attached hydrogens (tertiary/aromatic N) is 1. The molecule has 0 radical (unpaired) electrons. The minimum absolute atomic E-state index is 0.0927. The van der Waals surface area contributed by atoms with E-state index in [-0.39, 0.29) is 16.9 Å². The van der Waals surface area contributed by atoms with Gasteiger partial charge in [-0.05, 0) is 54.4 Å². The zero-order chi connectivity index (χ0) is 17.8. The largest absolute Gasteiger partial charge is 0.457 e. The second-order valence-corrected chi connectivity index (χ2v) is 7.24. The van der Waals surface area contributed by atoms with Crippen LogP contribution in [0.1, 0.15) is 13.3 Å². The molecule has 1 amide bonds. The predicted molar refractivity (Wildman–Crippen MR) is 101 cm³/mol. The average molecular weight is 356 g/mol. The summed E-state index contributed by atoms with van der Waals surface area (Å²) in [5.41, 5.74) is 7.20. The van der Waals surface area contributed by atoms with Crippen LogP contribution in [-0.4, -0.2) is 23.3 Å². The van der Waals surface area contributed by atoms with Gasteiger partial charge in [0.05, 0.1) is 0 Å². The molecule has 1 aliphatic heterocycles. The lowest BCUT2D eigenvalue weighted by atomic mass is 10.1. The van der Waals surface area contributed by atoms with Crippen molar-refractivity contribution in [2.24, 2.45) is 5.92 Å². The fourth-order valence-electron chi connectivity index (χ4n) is 2.74. The van der Waals surface area contributed by atoms with Crippen LogP contribution in [0, 0.1) is 5.92 Å². The molecule has 1 atom stereocenters. The van der Waals surface area contributed by atoms with E-state index in [0.29, 0.717) is 35.9 Å². The summed E-state index contributed by atoms with van der Waals surface area (Å²) >= 11 is 1.29. The molecule has 0 spiro atoms. The van der Waals surface area contributed by atoms with Crippen molar-refractivity contribution in [1.29, 1.82) is 0 Å². The normalized spacial score (nSPS) is 16.9. The first-order chi connectivity index (χ1) is 12.0. The van der Waals surface area contributed by atoms with Crippen molar-refractivity contribution >= 4 is 34.2 Å². The predicted octanol–water partition coefficient (Wildman–Crippen LogP) is 3.69. The second-order valence-electron chi connectivity index (χ2n) is 6.04. The molecule has 2 aromatic rings. The van der Waals surface area contributed by atoms with Crippen molar-refractivity contribution < 1.29 is 14.3 Å². The maximum Gasteiger partial charge on any atom is 0.227 e. The van der Waals surface area contributed by atoms with Gasteiger partial charge in [0.2, 0.25) is 5.91 Å². The van der Waals surface area contributed by atoms with Gasteiger partial charge in [-0.15, -0.1) is 0 Å². The van der Waals surface area contributed by atoms with Gasteiger partial charge in [-0.25, -0.2) is 0 Å². The first kappa shape index (κ1) is 17.4. The Morgan fingerprint density at radius 2 is 1.76 bits per heavy atom. The van der Waals surface area contributed by atoms with E-state index < -0.39 is 0 Å². The molecular formula is C19H20N2O3S. The van der Waals surface area contributed by atoms with Gasteiger partial charge < -0.3 is 15.4 Å². The zero-order valence-electron chi connectivity index (χ0n) is 14.0. The molecule has 1 heterocycles. The highest BCUT2D eigenvalue weighted by Crippen LogP contribution is 2.30. The number of nitrogen functional groups attached to an aromatic ring is 1. The van der Waals surface area contributed by atoms with Crippen LogP contribution in [0.5, 0.6) is 11.5 Å². The maximum absolute atomic E-state index is 12.2. The zero-order valence-corrected chi connectivity index (χ0v) is 14.8. The van der Waals surface area contributed by atoms with Crippen LogP contribution in [0.2, 0.25) is 0 Å². The molecule has 1 unspecified atom stereocenters. The molecule has 3 rings (SSSR count). The SMILES string of the molecule is CC(=O)SCC1CC(=O)N(c2ccc(Oc3ccc(N)cc3)cc2)C1. The molecule has 130 valence electrons. The third kappa shape index (κ3) is 4.54. The van der Waals surface area contributed by atoms with Gasteiger partial charge in [0.25, 0.3) is 0 Å². The summed E-state index contributed by atoms with van der Waals surface area (Å²) in [7, 11) is 0. The number of anilines is 2. The number of thioether (sulfide) groups is 1. The van der Waals surface area contributed by atoms with E-state index in [1.807, 2.05) is 36.4 Å². The van der Waals surface area contributed by atoms with Crippen LogP contribution >= 0.6 is 11.8 Å². The highest BCUT2D eigenvalue weighted by Gasteiger charge is 2.30. The minimum Gasteiger partial charge on any atom is -0.457 e. The number of nitrogens with two attached hydrogens (primary N) is 1. The van der Waals surface area contributed by atoms with Gasteiger partial charge in [0, 0.05) is 37.0 Å². The molecule has 0 saturated carbocycles. The third-order valence-electron chi connectivity index (χ3n) is 3.99. The Balaban J connectivity index is 1.63. The molecule has 25 heavy (non-hydrogen) atoms. The fourth-order valence-corrected chi connectivity index (χ4v) is 3.44. The van der Waals surface area contributed by atoms with E-state index in [1.165, 1.54) is 11.8 Å². The summed E-state index contributed by atoms with van der Waals surface area (Å²) in [6.45, 7) is 2.20. The standard InChI is InChI=1S/C19H20N2O3S/c1-13(22)25-12-14-10-19(23)21(11-14)16-4-8-18(9-5-16)24-17-6-2-15(20)3-7-17/h2-9,14H,10-12,20H2,1H3. The lowest BCUT2D eigenvalue weighted by Crippen LogP contribution is -2.24. The van der Waals surface area contributed by atoms with Gasteiger partial charge in [0.15, 0.2) is 5.12 Å². The molecule has 1 aliphatic rings. The molecule has 0 bridgehead atoms. The molecule has 5 nitrogen and oxygen atoms in total. The van der Waals surface area contributed by atoms with E-state index in [4.69, 9.17) is 10.5 Å². The van der Waals surface area contributed by atoms with Crippen LogP contribution in [-0.2, 0) is 9.59 Å². The number of benzene rings is 2. The molecule has 2 aromatic carbocycles. The van der Waals surface area contributed by atoms with Gasteiger partial charge >= 0.3 is 0 Å². The monoisotopic (exact) mass is 356 g/mol. The lowest BCUT2D eigenvalue weighted by Gasteiger charge is -2.17. The molecule has 1 saturated heterocycles. The molecule has 2 N–H and O–H groups in total. The van der Waals surface area contributed by atoms with Crippen molar-refractivity contribution in [3.8, 4) is 11.5 Å². The van der Waals surface area contributed by atoms with Crippen LogP contribution in [0.3, 0.4) is 0 Å². The molecule has 0 aliphatic carbocycles. The van der Waals surface area contributed by atoms with Crippen molar-refractivity contribution in [1.82, 2.24) is 0 Å². The van der Waals surface area contributed by atoms with Crippen molar-refractivity contribution in [3.05, 3.63) is 48.5 Å². The first-order valence-corrected chi connectivity index (χ1v) is 9.07. The quantitative estimate of drug-likeness (QED) is 0.827. The summed E-state index contributed by atoms with van der Waals surface area (Å²) < 4.78 is 5.76. The number of carbonyl (C=O) groups is 2.